The van der Waals surface area contributed by atoms with Crippen molar-refractivity contribution in [2.24, 2.45) is 0 Å². The zero-order valence-electron chi connectivity index (χ0n) is 12.1. The van der Waals surface area contributed by atoms with Crippen molar-refractivity contribution in [1.82, 2.24) is 0 Å². The molecule has 2 aromatic carbocycles. The third kappa shape index (κ3) is 4.30. The van der Waals surface area contributed by atoms with Gasteiger partial charge in [-0.2, -0.15) is 0 Å². The molecule has 122 valence electrons. The topological polar surface area (TPSA) is 87.4 Å². The minimum atomic E-state index is -0.517. The lowest BCUT2D eigenvalue weighted by Crippen LogP contribution is -2.10. The Morgan fingerprint density at radius 3 is 2.65 bits per heavy atom. The number of nitrogens with one attached hydrogen (secondary N) is 2. The number of hydrogen-bond acceptors (Lipinski definition) is 5. The highest BCUT2D eigenvalue weighted by atomic mass is 35.5. The van der Waals surface area contributed by atoms with Crippen LogP contribution in [0.25, 0.3) is 0 Å². The molecule has 0 atom stereocenters. The van der Waals surface area contributed by atoms with E-state index in [0.717, 1.165) is 0 Å². The Morgan fingerprint density at radius 2 is 2.00 bits per heavy atom. The van der Waals surface area contributed by atoms with E-state index in [4.69, 9.17) is 16.7 Å². The van der Waals surface area contributed by atoms with Gasteiger partial charge in [-0.15, -0.1) is 0 Å². The normalized spacial score (nSPS) is 10.4. The fraction of sp³-hybridized carbons (Fsp3) is 0.200. The maximum absolute atomic E-state index is 13.8. The maximum atomic E-state index is 13.8. The molecule has 0 aromatic heterocycles. The van der Waals surface area contributed by atoms with Crippen molar-refractivity contribution < 1.29 is 14.4 Å². The first-order valence-electron chi connectivity index (χ1n) is 6.83. The van der Waals surface area contributed by atoms with Crippen LogP contribution in [0.5, 0.6) is 0 Å². The number of nitro benzene ring substituents is 1. The molecule has 0 fully saturated rings. The summed E-state index contributed by atoms with van der Waals surface area (Å²) in [5.41, 5.74) is 1.17. The van der Waals surface area contributed by atoms with Crippen LogP contribution in [-0.4, -0.2) is 23.2 Å². The van der Waals surface area contributed by atoms with E-state index < -0.39 is 10.7 Å². The average molecular weight is 340 g/mol. The number of halogens is 2. The van der Waals surface area contributed by atoms with Crippen molar-refractivity contribution in [2.45, 2.75) is 6.54 Å². The highest BCUT2D eigenvalue weighted by Crippen LogP contribution is 2.28. The monoisotopic (exact) mass is 339 g/mol. The van der Waals surface area contributed by atoms with Crippen LogP contribution in [0.4, 0.5) is 21.5 Å². The Kier molecular flexibility index (Phi) is 5.72. The summed E-state index contributed by atoms with van der Waals surface area (Å²) in [6.07, 6.45) is 0. The van der Waals surface area contributed by atoms with E-state index in [1.54, 1.807) is 6.07 Å². The number of non-ortho nitro benzene ring substituents is 1. The highest BCUT2D eigenvalue weighted by molar-refractivity contribution is 6.31. The Labute approximate surface area is 137 Å². The van der Waals surface area contributed by atoms with Gasteiger partial charge in [-0.3, -0.25) is 10.1 Å². The molecular formula is C15H15ClFN3O3. The first kappa shape index (κ1) is 17.0. The zero-order chi connectivity index (χ0) is 16.8. The van der Waals surface area contributed by atoms with Crippen LogP contribution in [0.2, 0.25) is 5.02 Å². The van der Waals surface area contributed by atoms with Gasteiger partial charge in [0.25, 0.3) is 5.69 Å². The molecule has 0 radical (unpaired) electrons. The van der Waals surface area contributed by atoms with Crippen molar-refractivity contribution in [2.75, 3.05) is 23.8 Å². The summed E-state index contributed by atoms with van der Waals surface area (Å²) in [5.74, 6) is -0.458. The number of nitro groups is 1. The molecule has 0 spiro atoms. The maximum Gasteiger partial charge on any atom is 0.271 e. The van der Waals surface area contributed by atoms with Gasteiger partial charge in [0.05, 0.1) is 22.9 Å². The van der Waals surface area contributed by atoms with Gasteiger partial charge < -0.3 is 15.7 Å². The number of aliphatic hydroxyl groups excluding tert-OH is 1. The number of aliphatic hydroxyl groups is 1. The average Bonchev–Trinajstić information content (AvgIpc) is 2.52. The fourth-order valence-electron chi connectivity index (χ4n) is 2.02. The van der Waals surface area contributed by atoms with Gasteiger partial charge >= 0.3 is 0 Å². The summed E-state index contributed by atoms with van der Waals surface area (Å²) in [5, 5.41) is 25.9. The Balaban J connectivity index is 2.25. The number of nitrogens with zero attached hydrogens (tertiary/aromatic N) is 1. The lowest BCUT2D eigenvalue weighted by atomic mass is 10.2. The Hall–Kier alpha value is -2.38. The summed E-state index contributed by atoms with van der Waals surface area (Å²) in [6.45, 7) is 0.267. The molecule has 23 heavy (non-hydrogen) atoms. The van der Waals surface area contributed by atoms with Gasteiger partial charge in [-0.05, 0) is 18.2 Å². The van der Waals surface area contributed by atoms with Gasteiger partial charge in [-0.1, -0.05) is 17.7 Å². The second-order valence-corrected chi connectivity index (χ2v) is 5.10. The van der Waals surface area contributed by atoms with Crippen LogP contribution in [0.15, 0.2) is 36.4 Å². The summed E-state index contributed by atoms with van der Waals surface area (Å²) < 4.78 is 13.8. The van der Waals surface area contributed by atoms with E-state index >= 15 is 0 Å². The molecule has 0 bridgehead atoms. The largest absolute Gasteiger partial charge is 0.395 e. The molecule has 0 saturated carbocycles. The van der Waals surface area contributed by atoms with Crippen LogP contribution in [0.3, 0.4) is 0 Å². The quantitative estimate of drug-likeness (QED) is 0.531. The van der Waals surface area contributed by atoms with Crippen LogP contribution < -0.4 is 10.6 Å². The molecule has 0 unspecified atom stereocenters. The van der Waals surface area contributed by atoms with Crippen LogP contribution in [0.1, 0.15) is 5.56 Å². The molecule has 8 heteroatoms. The molecule has 3 N–H and O–H groups in total. The third-order valence-corrected chi connectivity index (χ3v) is 3.51. The molecule has 0 amide bonds. The summed E-state index contributed by atoms with van der Waals surface area (Å²) in [6, 6.07) is 8.58. The van der Waals surface area contributed by atoms with Gasteiger partial charge in [0, 0.05) is 35.8 Å². The molecule has 0 aliphatic carbocycles. The second kappa shape index (κ2) is 7.75. The van der Waals surface area contributed by atoms with Gasteiger partial charge in [0.1, 0.15) is 5.82 Å². The molecular weight excluding hydrogens is 325 g/mol. The van der Waals surface area contributed by atoms with E-state index in [2.05, 4.69) is 10.6 Å². The summed E-state index contributed by atoms with van der Waals surface area (Å²) in [4.78, 5) is 10.4. The molecule has 0 aliphatic rings. The minimum absolute atomic E-state index is 0.0699. The SMILES string of the molecule is O=[N+]([O-])c1ccc(NCCO)c(NCc2c(F)cccc2Cl)c1. The number of rotatable bonds is 7. The predicted octanol–water partition coefficient (Wildman–Crippen LogP) is 3.40. The van der Waals surface area contributed by atoms with Gasteiger partial charge in [0.15, 0.2) is 0 Å². The highest BCUT2D eigenvalue weighted by Gasteiger charge is 2.12. The zero-order valence-corrected chi connectivity index (χ0v) is 12.8. The van der Waals surface area contributed by atoms with Crippen molar-refractivity contribution in [1.29, 1.82) is 0 Å². The van der Waals surface area contributed by atoms with Gasteiger partial charge in [-0.25, -0.2) is 4.39 Å². The molecule has 2 aromatic rings. The summed E-state index contributed by atoms with van der Waals surface area (Å²) >= 11 is 5.96. The number of benzene rings is 2. The lowest BCUT2D eigenvalue weighted by molar-refractivity contribution is -0.384. The molecule has 2 rings (SSSR count). The second-order valence-electron chi connectivity index (χ2n) is 4.69. The van der Waals surface area contributed by atoms with Crippen molar-refractivity contribution in [3.63, 3.8) is 0 Å². The Morgan fingerprint density at radius 1 is 1.22 bits per heavy atom. The van der Waals surface area contributed by atoms with E-state index in [9.17, 15) is 14.5 Å². The van der Waals surface area contributed by atoms with Crippen LogP contribution in [-0.2, 0) is 6.54 Å². The molecule has 0 heterocycles. The Bertz CT molecular complexity index is 692. The van der Waals surface area contributed by atoms with E-state index in [1.807, 2.05) is 0 Å². The molecule has 0 aliphatic heterocycles. The lowest BCUT2D eigenvalue weighted by Gasteiger charge is -2.14. The van der Waals surface area contributed by atoms with E-state index in [-0.39, 0.29) is 36.0 Å². The van der Waals surface area contributed by atoms with E-state index in [1.165, 1.54) is 30.3 Å². The van der Waals surface area contributed by atoms with Crippen LogP contribution >= 0.6 is 11.6 Å². The summed E-state index contributed by atoms with van der Waals surface area (Å²) in [7, 11) is 0. The fourth-order valence-corrected chi connectivity index (χ4v) is 2.25. The minimum Gasteiger partial charge on any atom is -0.395 e. The molecule has 6 nitrogen and oxygen atoms in total. The first-order chi connectivity index (χ1) is 11.0. The van der Waals surface area contributed by atoms with Gasteiger partial charge in [0.2, 0.25) is 0 Å². The number of anilines is 2. The van der Waals surface area contributed by atoms with Crippen molar-refractivity contribution in [3.8, 4) is 0 Å². The standard InChI is InChI=1S/C15H15ClFN3O3/c16-12-2-1-3-13(17)11(12)9-19-15-8-10(20(22)23)4-5-14(15)18-6-7-21/h1-5,8,18-19,21H,6-7,9H2. The first-order valence-corrected chi connectivity index (χ1v) is 7.20. The number of hydrogen-bond donors (Lipinski definition) is 3. The van der Waals surface area contributed by atoms with Crippen molar-refractivity contribution in [3.05, 3.63) is 62.9 Å². The van der Waals surface area contributed by atoms with Crippen molar-refractivity contribution >= 4 is 28.7 Å². The third-order valence-electron chi connectivity index (χ3n) is 3.16. The smallest absolute Gasteiger partial charge is 0.271 e. The van der Waals surface area contributed by atoms with Crippen LogP contribution in [0, 0.1) is 15.9 Å². The van der Waals surface area contributed by atoms with E-state index in [0.29, 0.717) is 11.4 Å². The molecule has 0 saturated heterocycles. The predicted molar refractivity (Wildman–Crippen MR) is 87.4 cm³/mol.